The van der Waals surface area contributed by atoms with Crippen LogP contribution in [0.5, 0.6) is 0 Å². The maximum atomic E-state index is 13.0. The van der Waals surface area contributed by atoms with Crippen molar-refractivity contribution in [3.8, 4) is 0 Å². The first-order valence-corrected chi connectivity index (χ1v) is 5.77. The Morgan fingerprint density at radius 3 is 2.76 bits per heavy atom. The molecule has 4 heteroatoms. The van der Waals surface area contributed by atoms with Crippen molar-refractivity contribution in [1.29, 1.82) is 0 Å². The van der Waals surface area contributed by atoms with Gasteiger partial charge in [-0.3, -0.25) is 0 Å². The minimum absolute atomic E-state index is 0.272. The first-order valence-electron chi connectivity index (χ1n) is 5.77. The Bertz CT molecular complexity index is 400. The molecule has 1 fully saturated rings. The summed E-state index contributed by atoms with van der Waals surface area (Å²) in [6, 6.07) is 3.69. The molecule has 0 bridgehead atoms. The van der Waals surface area contributed by atoms with Crippen molar-refractivity contribution in [2.45, 2.75) is 37.9 Å². The number of halogens is 2. The molecular weight excluding hydrogens is 226 g/mol. The van der Waals surface area contributed by atoms with Gasteiger partial charge in [-0.2, -0.15) is 0 Å². The van der Waals surface area contributed by atoms with E-state index in [2.05, 4.69) is 0 Å². The van der Waals surface area contributed by atoms with Crippen LogP contribution in [0.4, 0.5) is 8.78 Å². The number of aliphatic hydroxyl groups is 1. The molecule has 1 aromatic carbocycles. The Morgan fingerprint density at radius 2 is 2.18 bits per heavy atom. The van der Waals surface area contributed by atoms with E-state index in [-0.39, 0.29) is 6.42 Å². The van der Waals surface area contributed by atoms with Gasteiger partial charge in [0, 0.05) is 13.0 Å². The number of hydrogen-bond acceptors (Lipinski definition) is 2. The summed E-state index contributed by atoms with van der Waals surface area (Å²) in [5.74, 6) is -1.75. The van der Waals surface area contributed by atoms with Gasteiger partial charge < -0.3 is 9.84 Å². The fourth-order valence-electron chi connectivity index (χ4n) is 2.17. The average molecular weight is 242 g/mol. The number of hydrogen-bond donors (Lipinski definition) is 1. The summed E-state index contributed by atoms with van der Waals surface area (Å²) in [5, 5.41) is 10.1. The second-order valence-corrected chi connectivity index (χ2v) is 4.73. The van der Waals surface area contributed by atoms with Crippen molar-refractivity contribution < 1.29 is 18.6 Å². The monoisotopic (exact) mass is 242 g/mol. The summed E-state index contributed by atoms with van der Waals surface area (Å²) >= 11 is 0. The Hall–Kier alpha value is -1.00. The molecule has 2 unspecified atom stereocenters. The summed E-state index contributed by atoms with van der Waals surface area (Å²) in [4.78, 5) is 0. The van der Waals surface area contributed by atoms with Gasteiger partial charge in [0.15, 0.2) is 11.6 Å². The molecule has 2 rings (SSSR count). The molecule has 0 saturated carbocycles. The summed E-state index contributed by atoms with van der Waals surface area (Å²) < 4.78 is 31.3. The molecule has 0 spiro atoms. The largest absolute Gasteiger partial charge is 0.390 e. The molecule has 0 aliphatic carbocycles. The second kappa shape index (κ2) is 4.70. The van der Waals surface area contributed by atoms with Crippen LogP contribution in [0.3, 0.4) is 0 Å². The lowest BCUT2D eigenvalue weighted by Crippen LogP contribution is -2.40. The Balaban J connectivity index is 2.07. The molecular formula is C13H16F2O2. The van der Waals surface area contributed by atoms with Crippen LogP contribution in [0, 0.1) is 11.6 Å². The van der Waals surface area contributed by atoms with E-state index in [1.807, 2.05) is 6.92 Å². The van der Waals surface area contributed by atoms with Gasteiger partial charge in [0.2, 0.25) is 0 Å². The minimum atomic E-state index is -0.882. The second-order valence-electron chi connectivity index (χ2n) is 4.73. The normalized spacial score (nSPS) is 26.1. The van der Waals surface area contributed by atoms with Crippen LogP contribution in [-0.2, 0) is 11.2 Å². The topological polar surface area (TPSA) is 29.5 Å². The van der Waals surface area contributed by atoms with E-state index >= 15 is 0 Å². The zero-order valence-electron chi connectivity index (χ0n) is 9.75. The molecule has 2 nitrogen and oxygen atoms in total. The summed E-state index contributed by atoms with van der Waals surface area (Å²) in [7, 11) is 0. The lowest BCUT2D eigenvalue weighted by molar-refractivity contribution is -0.0768. The Labute approximate surface area is 99.2 Å². The zero-order chi connectivity index (χ0) is 12.5. The molecule has 0 amide bonds. The maximum absolute atomic E-state index is 13.0. The molecule has 2 atom stereocenters. The van der Waals surface area contributed by atoms with Gasteiger partial charge >= 0.3 is 0 Å². The van der Waals surface area contributed by atoms with Crippen molar-refractivity contribution in [3.05, 3.63) is 35.4 Å². The predicted octanol–water partition coefficient (Wildman–Crippen LogP) is 2.44. The minimum Gasteiger partial charge on any atom is -0.390 e. The van der Waals surface area contributed by atoms with Crippen LogP contribution >= 0.6 is 0 Å². The van der Waals surface area contributed by atoms with Crippen molar-refractivity contribution in [2.24, 2.45) is 0 Å². The molecule has 1 aliphatic heterocycles. The van der Waals surface area contributed by atoms with Gasteiger partial charge in [-0.05, 0) is 37.5 Å². The molecule has 1 aliphatic rings. The van der Waals surface area contributed by atoms with Crippen LogP contribution in [0.25, 0.3) is 0 Å². The zero-order valence-corrected chi connectivity index (χ0v) is 9.75. The number of ether oxygens (including phenoxy) is 1. The van der Waals surface area contributed by atoms with Crippen LogP contribution in [-0.4, -0.2) is 23.4 Å². The third-order valence-electron chi connectivity index (χ3n) is 3.37. The fraction of sp³-hybridized carbons (Fsp3) is 0.538. The van der Waals surface area contributed by atoms with Gasteiger partial charge in [0.25, 0.3) is 0 Å². The molecule has 94 valence electrons. The van der Waals surface area contributed by atoms with Crippen LogP contribution in [0.1, 0.15) is 25.3 Å². The Morgan fingerprint density at radius 1 is 1.41 bits per heavy atom. The molecule has 1 N–H and O–H groups in total. The maximum Gasteiger partial charge on any atom is 0.159 e. The molecule has 1 saturated heterocycles. The van der Waals surface area contributed by atoms with Crippen LogP contribution in [0.2, 0.25) is 0 Å². The average Bonchev–Trinajstić information content (AvgIpc) is 2.72. The van der Waals surface area contributed by atoms with Crippen molar-refractivity contribution in [2.75, 3.05) is 6.61 Å². The highest BCUT2D eigenvalue weighted by Crippen LogP contribution is 2.30. The summed E-state index contributed by atoms with van der Waals surface area (Å²) in [6.45, 7) is 2.50. The highest BCUT2D eigenvalue weighted by Gasteiger charge is 2.37. The predicted molar refractivity (Wildman–Crippen MR) is 59.7 cm³/mol. The first kappa shape index (κ1) is 12.5. The van der Waals surface area contributed by atoms with E-state index in [1.54, 1.807) is 0 Å². The van der Waals surface area contributed by atoms with Crippen molar-refractivity contribution >= 4 is 0 Å². The van der Waals surface area contributed by atoms with E-state index in [9.17, 15) is 13.9 Å². The van der Waals surface area contributed by atoms with E-state index < -0.39 is 23.3 Å². The third-order valence-corrected chi connectivity index (χ3v) is 3.37. The lowest BCUT2D eigenvalue weighted by Gasteiger charge is -2.29. The molecule has 1 aromatic rings. The molecule has 1 heterocycles. The van der Waals surface area contributed by atoms with Gasteiger partial charge in [0.1, 0.15) is 0 Å². The van der Waals surface area contributed by atoms with E-state index in [4.69, 9.17) is 4.74 Å². The SMILES string of the molecule is CC1(C(O)Cc2ccc(F)c(F)c2)CCCO1. The quantitative estimate of drug-likeness (QED) is 0.882. The Kier molecular flexibility index (Phi) is 3.45. The first-order chi connectivity index (χ1) is 8.01. The standard InChI is InChI=1S/C13H16F2O2/c1-13(5-2-6-17-13)12(16)8-9-3-4-10(14)11(15)7-9/h3-4,7,12,16H,2,5-6,8H2,1H3. The van der Waals surface area contributed by atoms with Gasteiger partial charge in [-0.1, -0.05) is 6.07 Å². The number of benzene rings is 1. The van der Waals surface area contributed by atoms with Crippen molar-refractivity contribution in [3.63, 3.8) is 0 Å². The molecule has 0 aromatic heterocycles. The highest BCUT2D eigenvalue weighted by atomic mass is 19.2. The van der Waals surface area contributed by atoms with E-state index in [0.29, 0.717) is 12.2 Å². The molecule has 0 radical (unpaired) electrons. The summed E-state index contributed by atoms with van der Waals surface area (Å²) in [5.41, 5.74) is 0.0123. The summed E-state index contributed by atoms with van der Waals surface area (Å²) in [6.07, 6.45) is 1.28. The van der Waals surface area contributed by atoms with Crippen LogP contribution < -0.4 is 0 Å². The van der Waals surface area contributed by atoms with Crippen LogP contribution in [0.15, 0.2) is 18.2 Å². The van der Waals surface area contributed by atoms with E-state index in [0.717, 1.165) is 25.0 Å². The van der Waals surface area contributed by atoms with Gasteiger partial charge in [-0.15, -0.1) is 0 Å². The van der Waals surface area contributed by atoms with Gasteiger partial charge in [-0.25, -0.2) is 8.78 Å². The van der Waals surface area contributed by atoms with Gasteiger partial charge in [0.05, 0.1) is 11.7 Å². The highest BCUT2D eigenvalue weighted by molar-refractivity contribution is 5.19. The lowest BCUT2D eigenvalue weighted by atomic mass is 9.91. The van der Waals surface area contributed by atoms with E-state index in [1.165, 1.54) is 6.07 Å². The third kappa shape index (κ3) is 2.64. The number of aliphatic hydroxyl groups excluding tert-OH is 1. The smallest absolute Gasteiger partial charge is 0.159 e. The molecule has 17 heavy (non-hydrogen) atoms. The van der Waals surface area contributed by atoms with Crippen molar-refractivity contribution in [1.82, 2.24) is 0 Å². The fourth-order valence-corrected chi connectivity index (χ4v) is 2.17. The number of rotatable bonds is 3.